The fourth-order valence-electron chi connectivity index (χ4n) is 2.67. The summed E-state index contributed by atoms with van der Waals surface area (Å²) in [4.78, 5) is 23.2. The highest BCUT2D eigenvalue weighted by Crippen LogP contribution is 2.32. The molecule has 1 aromatic carbocycles. The minimum absolute atomic E-state index is 0.185. The van der Waals surface area contributed by atoms with Gasteiger partial charge in [0.15, 0.2) is 0 Å². The van der Waals surface area contributed by atoms with Gasteiger partial charge in [-0.2, -0.15) is 0 Å². The summed E-state index contributed by atoms with van der Waals surface area (Å²) in [6, 6.07) is 5.64. The second kappa shape index (κ2) is 4.49. The van der Waals surface area contributed by atoms with Gasteiger partial charge in [0.2, 0.25) is 11.8 Å². The third-order valence-electron chi connectivity index (χ3n) is 3.54. The van der Waals surface area contributed by atoms with Crippen molar-refractivity contribution in [3.63, 3.8) is 0 Å². The number of aryl methyl sites for hydroxylation is 1. The van der Waals surface area contributed by atoms with Crippen molar-refractivity contribution in [1.82, 2.24) is 9.88 Å². The summed E-state index contributed by atoms with van der Waals surface area (Å²) in [6.45, 7) is 2.02. The molecule has 0 radical (unpaired) electrons. The molecule has 0 bridgehead atoms. The molecule has 0 spiro atoms. The van der Waals surface area contributed by atoms with E-state index >= 15 is 0 Å². The normalized spacial score (nSPS) is 19.8. The van der Waals surface area contributed by atoms with E-state index in [1.54, 1.807) is 0 Å². The van der Waals surface area contributed by atoms with Crippen LogP contribution in [-0.4, -0.2) is 16.4 Å². The Morgan fingerprint density at radius 1 is 1.37 bits per heavy atom. The van der Waals surface area contributed by atoms with Gasteiger partial charge in [0.1, 0.15) is 6.04 Å². The molecule has 1 N–H and O–H groups in total. The molecule has 1 atom stereocenters. The van der Waals surface area contributed by atoms with Crippen LogP contribution < -0.4 is 5.32 Å². The first-order chi connectivity index (χ1) is 9.08. The molecule has 19 heavy (non-hydrogen) atoms. The Bertz CT molecular complexity index is 690. The number of aromatic nitrogens is 1. The minimum atomic E-state index is -0.303. The number of hydrogen-bond acceptors (Lipinski definition) is 2. The molecule has 1 aromatic heterocycles. The van der Waals surface area contributed by atoms with E-state index in [0.717, 1.165) is 20.9 Å². The number of hydrogen-bond donors (Lipinski definition) is 1. The van der Waals surface area contributed by atoms with Crippen molar-refractivity contribution in [3.05, 3.63) is 34.4 Å². The number of amides is 2. The summed E-state index contributed by atoms with van der Waals surface area (Å²) < 4.78 is 2.99. The quantitative estimate of drug-likeness (QED) is 0.821. The van der Waals surface area contributed by atoms with Crippen molar-refractivity contribution < 1.29 is 9.59 Å². The number of fused-ring (bicyclic) bond motifs is 1. The van der Waals surface area contributed by atoms with E-state index in [-0.39, 0.29) is 17.9 Å². The van der Waals surface area contributed by atoms with Gasteiger partial charge >= 0.3 is 0 Å². The molecule has 1 unspecified atom stereocenters. The van der Waals surface area contributed by atoms with E-state index in [9.17, 15) is 9.59 Å². The minimum Gasteiger partial charge on any atom is -0.335 e. The maximum atomic E-state index is 12.0. The van der Waals surface area contributed by atoms with Gasteiger partial charge in [-0.25, -0.2) is 0 Å². The molecule has 0 aliphatic carbocycles. The zero-order valence-corrected chi connectivity index (χ0v) is 12.0. The average molecular weight is 321 g/mol. The van der Waals surface area contributed by atoms with Crippen molar-refractivity contribution in [3.8, 4) is 0 Å². The molecule has 1 aliphatic heterocycles. The topological polar surface area (TPSA) is 51.1 Å². The molecule has 2 amide bonds. The second-order valence-electron chi connectivity index (χ2n) is 4.82. The summed E-state index contributed by atoms with van der Waals surface area (Å²) in [5, 5.41) is 3.52. The number of rotatable bonds is 1. The van der Waals surface area contributed by atoms with Crippen LogP contribution in [0.5, 0.6) is 0 Å². The lowest BCUT2D eigenvalue weighted by Gasteiger charge is -2.23. The molecule has 1 fully saturated rings. The highest BCUT2D eigenvalue weighted by molar-refractivity contribution is 9.10. The van der Waals surface area contributed by atoms with Crippen molar-refractivity contribution in [2.75, 3.05) is 0 Å². The lowest BCUT2D eigenvalue weighted by Crippen LogP contribution is -2.41. The fourth-order valence-corrected chi connectivity index (χ4v) is 3.33. The number of piperidine rings is 1. The van der Waals surface area contributed by atoms with Crippen molar-refractivity contribution >= 4 is 38.6 Å². The maximum Gasteiger partial charge on any atom is 0.249 e. The summed E-state index contributed by atoms with van der Waals surface area (Å²) in [6.07, 6.45) is 2.93. The van der Waals surface area contributed by atoms with Crippen LogP contribution >= 0.6 is 15.9 Å². The third-order valence-corrected chi connectivity index (χ3v) is 4.20. The van der Waals surface area contributed by atoms with E-state index in [4.69, 9.17) is 0 Å². The Hall–Kier alpha value is -1.62. The van der Waals surface area contributed by atoms with E-state index in [2.05, 4.69) is 21.2 Å². The van der Waals surface area contributed by atoms with Gasteiger partial charge in [0.05, 0.1) is 5.52 Å². The number of imide groups is 1. The summed E-state index contributed by atoms with van der Waals surface area (Å²) in [5.74, 6) is -0.399. The molecule has 98 valence electrons. The van der Waals surface area contributed by atoms with E-state index in [1.807, 2.05) is 35.9 Å². The number of carbonyl (C=O) groups is 2. The van der Waals surface area contributed by atoms with Crippen molar-refractivity contribution in [2.45, 2.75) is 25.8 Å². The summed E-state index contributed by atoms with van der Waals surface area (Å²) in [7, 11) is 0. The van der Waals surface area contributed by atoms with Crippen LogP contribution in [0.4, 0.5) is 0 Å². The van der Waals surface area contributed by atoms with Crippen LogP contribution in [0, 0.1) is 6.92 Å². The van der Waals surface area contributed by atoms with Crippen LogP contribution in [0.15, 0.2) is 28.9 Å². The largest absolute Gasteiger partial charge is 0.335 e. The predicted molar refractivity (Wildman–Crippen MR) is 75.8 cm³/mol. The maximum absolute atomic E-state index is 12.0. The standard InChI is InChI=1S/C14H13BrN2O2/c1-8-7-17(10-4-2-3-9(15)13(8)10)11-5-6-12(18)16-14(11)19/h2-4,7,11H,5-6H2,1H3,(H,16,18,19). The molecule has 3 rings (SSSR count). The molecule has 2 aromatic rings. The van der Waals surface area contributed by atoms with E-state index in [1.165, 1.54) is 0 Å². The Balaban J connectivity index is 2.13. The van der Waals surface area contributed by atoms with Gasteiger partial charge in [0, 0.05) is 22.5 Å². The van der Waals surface area contributed by atoms with E-state index in [0.29, 0.717) is 12.8 Å². The van der Waals surface area contributed by atoms with Gasteiger partial charge in [-0.15, -0.1) is 0 Å². The number of carbonyl (C=O) groups excluding carboxylic acids is 2. The third kappa shape index (κ3) is 1.98. The molecular weight excluding hydrogens is 308 g/mol. The van der Waals surface area contributed by atoms with Crippen molar-refractivity contribution in [2.24, 2.45) is 0 Å². The van der Waals surface area contributed by atoms with Crippen LogP contribution in [0.2, 0.25) is 0 Å². The number of nitrogens with one attached hydrogen (secondary N) is 1. The second-order valence-corrected chi connectivity index (χ2v) is 5.67. The number of benzene rings is 1. The molecule has 4 nitrogen and oxygen atoms in total. The van der Waals surface area contributed by atoms with Gasteiger partial charge in [-0.05, 0) is 31.0 Å². The molecule has 0 saturated carbocycles. The molecular formula is C14H13BrN2O2. The van der Waals surface area contributed by atoms with Gasteiger partial charge in [-0.1, -0.05) is 22.0 Å². The summed E-state index contributed by atoms with van der Waals surface area (Å²) in [5.41, 5.74) is 2.13. The van der Waals surface area contributed by atoms with Crippen LogP contribution in [0.25, 0.3) is 10.9 Å². The Morgan fingerprint density at radius 3 is 2.89 bits per heavy atom. The number of halogens is 1. The first-order valence-corrected chi connectivity index (χ1v) is 6.96. The zero-order valence-electron chi connectivity index (χ0n) is 10.4. The fraction of sp³-hybridized carbons (Fsp3) is 0.286. The average Bonchev–Trinajstić information content (AvgIpc) is 2.68. The predicted octanol–water partition coefficient (Wildman–Crippen LogP) is 2.69. The molecule has 1 aliphatic rings. The smallest absolute Gasteiger partial charge is 0.249 e. The van der Waals surface area contributed by atoms with Crippen LogP contribution in [0.1, 0.15) is 24.4 Å². The number of nitrogens with zero attached hydrogens (tertiary/aromatic N) is 1. The van der Waals surface area contributed by atoms with Crippen molar-refractivity contribution in [1.29, 1.82) is 0 Å². The molecule has 2 heterocycles. The first-order valence-electron chi connectivity index (χ1n) is 6.17. The van der Waals surface area contributed by atoms with Crippen LogP contribution in [-0.2, 0) is 9.59 Å². The lowest BCUT2D eigenvalue weighted by atomic mass is 10.1. The molecule has 1 saturated heterocycles. The lowest BCUT2D eigenvalue weighted by molar-refractivity contribution is -0.135. The Labute approximate surface area is 118 Å². The highest BCUT2D eigenvalue weighted by atomic mass is 79.9. The SMILES string of the molecule is Cc1cn(C2CCC(=O)NC2=O)c2cccc(Br)c12. The first kappa shape index (κ1) is 12.4. The highest BCUT2D eigenvalue weighted by Gasteiger charge is 2.29. The van der Waals surface area contributed by atoms with Crippen LogP contribution in [0.3, 0.4) is 0 Å². The Kier molecular flexibility index (Phi) is 2.93. The summed E-state index contributed by atoms with van der Waals surface area (Å²) >= 11 is 3.54. The van der Waals surface area contributed by atoms with Gasteiger partial charge in [-0.3, -0.25) is 14.9 Å². The molecule has 5 heteroatoms. The van der Waals surface area contributed by atoms with E-state index < -0.39 is 0 Å². The monoisotopic (exact) mass is 320 g/mol. The van der Waals surface area contributed by atoms with Gasteiger partial charge < -0.3 is 4.57 Å². The Morgan fingerprint density at radius 2 is 2.16 bits per heavy atom. The van der Waals surface area contributed by atoms with Gasteiger partial charge in [0.25, 0.3) is 0 Å². The zero-order chi connectivity index (χ0) is 13.6.